The van der Waals surface area contributed by atoms with Gasteiger partial charge in [-0.3, -0.25) is 4.79 Å². The fourth-order valence-electron chi connectivity index (χ4n) is 5.39. The second kappa shape index (κ2) is 8.08. The second-order valence-corrected chi connectivity index (χ2v) is 12.0. The number of sulfonamides is 1. The Kier molecular flexibility index (Phi) is 5.13. The van der Waals surface area contributed by atoms with Crippen LogP contribution in [-0.2, 0) is 16.6 Å². The fourth-order valence-corrected chi connectivity index (χ4v) is 8.05. The second-order valence-electron chi connectivity index (χ2n) is 9.03. The third-order valence-corrected chi connectivity index (χ3v) is 9.94. The largest absolute Gasteiger partial charge is 0.497 e. The maximum absolute atomic E-state index is 13.5. The molecule has 2 aromatic carbocycles. The van der Waals surface area contributed by atoms with Crippen molar-refractivity contribution in [1.29, 1.82) is 0 Å². The number of ether oxygens (including phenoxy) is 1. The van der Waals surface area contributed by atoms with Gasteiger partial charge in [-0.15, -0.1) is 11.3 Å². The average Bonchev–Trinajstić information content (AvgIpc) is 3.28. The molecule has 0 aliphatic carbocycles. The standard InChI is InChI=1S/C26H24N2O4S2/c1-32-20-6-8-21(9-7-20)34(30,31)27-14-17-12-19(16-27)26-22(10-11-25(29)28(26)15-17)24-13-18-4-2-3-5-23(18)33-24/h2-11,13,17,19H,12,14-16H2,1H3. The lowest BCUT2D eigenvalue weighted by atomic mass is 9.82. The first-order chi connectivity index (χ1) is 16.4. The van der Waals surface area contributed by atoms with Gasteiger partial charge in [0, 0.05) is 52.5 Å². The molecule has 2 aliphatic rings. The van der Waals surface area contributed by atoms with Crippen LogP contribution in [0.1, 0.15) is 18.0 Å². The Balaban J connectivity index is 1.41. The minimum absolute atomic E-state index is 0.0129. The number of thiophene rings is 1. The molecule has 2 atom stereocenters. The molecule has 2 aromatic heterocycles. The van der Waals surface area contributed by atoms with E-state index in [1.54, 1.807) is 53.1 Å². The van der Waals surface area contributed by atoms with Crippen LogP contribution in [0, 0.1) is 5.92 Å². The van der Waals surface area contributed by atoms with Crippen LogP contribution in [0.5, 0.6) is 5.75 Å². The number of benzene rings is 2. The number of nitrogens with zero attached hydrogens (tertiary/aromatic N) is 2. The minimum Gasteiger partial charge on any atom is -0.497 e. The lowest BCUT2D eigenvalue weighted by Gasteiger charge is -2.42. The minimum atomic E-state index is -3.65. The molecule has 2 unspecified atom stereocenters. The van der Waals surface area contributed by atoms with Crippen LogP contribution >= 0.6 is 11.3 Å². The van der Waals surface area contributed by atoms with Gasteiger partial charge >= 0.3 is 0 Å². The molecule has 0 saturated carbocycles. The highest BCUT2D eigenvalue weighted by Gasteiger charge is 2.40. The summed E-state index contributed by atoms with van der Waals surface area (Å²) >= 11 is 1.71. The number of piperidine rings is 1. The summed E-state index contributed by atoms with van der Waals surface area (Å²) in [4.78, 5) is 14.2. The number of hydrogen-bond acceptors (Lipinski definition) is 5. The smallest absolute Gasteiger partial charge is 0.250 e. The molecule has 0 amide bonds. The topological polar surface area (TPSA) is 68.6 Å². The van der Waals surface area contributed by atoms with E-state index in [0.717, 1.165) is 22.6 Å². The summed E-state index contributed by atoms with van der Waals surface area (Å²) in [5.74, 6) is 0.694. The highest BCUT2D eigenvalue weighted by Crippen LogP contribution is 2.43. The SMILES string of the molecule is COc1ccc(S(=O)(=O)N2CC3CC(C2)c2c(-c4cc5ccccc5s4)ccc(=O)n2C3)cc1. The van der Waals surface area contributed by atoms with Gasteiger partial charge in [-0.25, -0.2) is 8.42 Å². The Hall–Kier alpha value is -2.94. The van der Waals surface area contributed by atoms with Crippen molar-refractivity contribution in [2.45, 2.75) is 23.8 Å². The molecule has 6 nitrogen and oxygen atoms in total. The number of fused-ring (bicyclic) bond motifs is 5. The summed E-state index contributed by atoms with van der Waals surface area (Å²) in [6, 6.07) is 20.5. The summed E-state index contributed by atoms with van der Waals surface area (Å²) in [5.41, 5.74) is 1.99. The Labute approximate surface area is 202 Å². The van der Waals surface area contributed by atoms with Gasteiger partial charge in [-0.05, 0) is 60.2 Å². The fraction of sp³-hybridized carbons (Fsp3) is 0.269. The number of hydrogen-bond donors (Lipinski definition) is 0. The third kappa shape index (κ3) is 3.48. The number of pyridine rings is 1. The summed E-state index contributed by atoms with van der Waals surface area (Å²) < 4.78 is 36.8. The molecule has 2 bridgehead atoms. The molecular formula is C26H24N2O4S2. The van der Waals surface area contributed by atoms with E-state index in [1.165, 1.54) is 10.1 Å². The lowest BCUT2D eigenvalue weighted by Crippen LogP contribution is -2.49. The van der Waals surface area contributed by atoms with Crippen LogP contribution in [0.2, 0.25) is 0 Å². The van der Waals surface area contributed by atoms with Gasteiger partial charge in [0.25, 0.3) is 5.56 Å². The molecule has 174 valence electrons. The van der Waals surface area contributed by atoms with Crippen LogP contribution in [-0.4, -0.2) is 37.5 Å². The maximum Gasteiger partial charge on any atom is 0.250 e. The van der Waals surface area contributed by atoms with E-state index in [2.05, 4.69) is 18.2 Å². The van der Waals surface area contributed by atoms with Crippen molar-refractivity contribution in [2.75, 3.05) is 20.2 Å². The summed E-state index contributed by atoms with van der Waals surface area (Å²) in [6.45, 7) is 1.33. The number of aromatic nitrogens is 1. The van der Waals surface area contributed by atoms with Crippen molar-refractivity contribution in [2.24, 2.45) is 5.92 Å². The van der Waals surface area contributed by atoms with E-state index in [-0.39, 0.29) is 22.3 Å². The van der Waals surface area contributed by atoms with E-state index in [9.17, 15) is 13.2 Å². The van der Waals surface area contributed by atoms with E-state index >= 15 is 0 Å². The molecular weight excluding hydrogens is 468 g/mol. The van der Waals surface area contributed by atoms with E-state index < -0.39 is 10.0 Å². The van der Waals surface area contributed by atoms with Crippen molar-refractivity contribution in [3.63, 3.8) is 0 Å². The average molecular weight is 493 g/mol. The first kappa shape index (κ1) is 21.6. The molecule has 8 heteroatoms. The van der Waals surface area contributed by atoms with Crippen molar-refractivity contribution in [3.05, 3.63) is 82.8 Å². The van der Waals surface area contributed by atoms with Crippen molar-refractivity contribution in [1.82, 2.24) is 8.87 Å². The predicted octanol–water partition coefficient (Wildman–Crippen LogP) is 4.55. The molecule has 34 heavy (non-hydrogen) atoms. The van der Waals surface area contributed by atoms with Gasteiger partial charge in [0.05, 0.1) is 12.0 Å². The molecule has 1 saturated heterocycles. The summed E-state index contributed by atoms with van der Waals surface area (Å²) in [6.07, 6.45) is 0.885. The molecule has 6 rings (SSSR count). The highest BCUT2D eigenvalue weighted by atomic mass is 32.2. The molecule has 4 heterocycles. The Morgan fingerprint density at radius 1 is 0.971 bits per heavy atom. The maximum atomic E-state index is 13.5. The molecule has 4 aromatic rings. The van der Waals surface area contributed by atoms with E-state index in [1.807, 2.05) is 22.8 Å². The van der Waals surface area contributed by atoms with Gasteiger partial charge in [-0.2, -0.15) is 4.31 Å². The number of rotatable bonds is 4. The normalized spacial score (nSPS) is 20.3. The van der Waals surface area contributed by atoms with E-state index in [0.29, 0.717) is 25.4 Å². The van der Waals surface area contributed by atoms with Gasteiger partial charge in [0.2, 0.25) is 10.0 Å². The van der Waals surface area contributed by atoms with Gasteiger partial charge in [0.1, 0.15) is 5.75 Å². The Morgan fingerprint density at radius 2 is 1.76 bits per heavy atom. The van der Waals surface area contributed by atoms with E-state index in [4.69, 9.17) is 4.74 Å². The van der Waals surface area contributed by atoms with Gasteiger partial charge in [-0.1, -0.05) is 18.2 Å². The summed E-state index contributed by atoms with van der Waals surface area (Å²) in [7, 11) is -2.09. The molecule has 2 aliphatic heterocycles. The summed E-state index contributed by atoms with van der Waals surface area (Å²) in [5, 5.41) is 1.17. The van der Waals surface area contributed by atoms with Gasteiger partial charge < -0.3 is 9.30 Å². The van der Waals surface area contributed by atoms with Crippen LogP contribution in [0.4, 0.5) is 0 Å². The predicted molar refractivity (Wildman–Crippen MR) is 134 cm³/mol. The van der Waals surface area contributed by atoms with Crippen molar-refractivity contribution < 1.29 is 13.2 Å². The van der Waals surface area contributed by atoms with Crippen molar-refractivity contribution in [3.8, 4) is 16.2 Å². The van der Waals surface area contributed by atoms with Crippen LogP contribution in [0.25, 0.3) is 20.5 Å². The zero-order valence-corrected chi connectivity index (χ0v) is 20.3. The van der Waals surface area contributed by atoms with Crippen molar-refractivity contribution >= 4 is 31.4 Å². The molecule has 1 fully saturated rings. The van der Waals surface area contributed by atoms with Crippen LogP contribution in [0.15, 0.2) is 76.4 Å². The monoisotopic (exact) mass is 492 g/mol. The molecule has 0 spiro atoms. The Bertz CT molecular complexity index is 1520. The lowest BCUT2D eigenvalue weighted by molar-refractivity contribution is 0.187. The first-order valence-corrected chi connectivity index (χ1v) is 13.6. The Morgan fingerprint density at radius 3 is 2.53 bits per heavy atom. The quantitative estimate of drug-likeness (QED) is 0.419. The first-order valence-electron chi connectivity index (χ1n) is 11.3. The number of methoxy groups -OCH3 is 1. The third-order valence-electron chi connectivity index (χ3n) is 6.94. The molecule has 0 N–H and O–H groups in total. The van der Waals surface area contributed by atoms with Crippen LogP contribution in [0.3, 0.4) is 0 Å². The molecule has 0 radical (unpaired) electrons. The van der Waals surface area contributed by atoms with Gasteiger partial charge in [0.15, 0.2) is 0 Å². The zero-order chi connectivity index (χ0) is 23.4. The zero-order valence-electron chi connectivity index (χ0n) is 18.7. The van der Waals surface area contributed by atoms with Crippen LogP contribution < -0.4 is 10.3 Å². The highest BCUT2D eigenvalue weighted by molar-refractivity contribution is 7.89.